The standard InChI is InChI=1S/C16H25NO4/c1-12(2)9-15(16(18)19)17-11-13-5-4-6-14(10-13)21-8-7-20-3/h4-6,10,12,15,17H,7-9,11H2,1-3H3,(H,18,19). The molecule has 1 rings (SSSR count). The van der Waals surface area contributed by atoms with Gasteiger partial charge in [-0.2, -0.15) is 0 Å². The molecule has 5 heteroatoms. The smallest absolute Gasteiger partial charge is 0.320 e. The Bertz CT molecular complexity index is 434. The van der Waals surface area contributed by atoms with Crippen molar-refractivity contribution in [2.75, 3.05) is 20.3 Å². The molecule has 0 saturated carbocycles. The van der Waals surface area contributed by atoms with Crippen molar-refractivity contribution in [3.8, 4) is 5.75 Å². The van der Waals surface area contributed by atoms with E-state index in [-0.39, 0.29) is 0 Å². The van der Waals surface area contributed by atoms with Crippen LogP contribution in [0, 0.1) is 5.92 Å². The molecule has 1 aromatic rings. The fraction of sp³-hybridized carbons (Fsp3) is 0.562. The van der Waals surface area contributed by atoms with Crippen LogP contribution in [-0.4, -0.2) is 37.4 Å². The maximum absolute atomic E-state index is 11.2. The summed E-state index contributed by atoms with van der Waals surface area (Å²) in [6.07, 6.45) is 0.610. The van der Waals surface area contributed by atoms with Gasteiger partial charge in [0, 0.05) is 13.7 Å². The molecule has 0 aromatic heterocycles. The number of carbonyl (C=O) groups is 1. The molecule has 1 unspecified atom stereocenters. The van der Waals surface area contributed by atoms with E-state index in [0.29, 0.717) is 32.1 Å². The SMILES string of the molecule is COCCOc1cccc(CNC(CC(C)C)C(=O)O)c1. The molecule has 21 heavy (non-hydrogen) atoms. The highest BCUT2D eigenvalue weighted by molar-refractivity contribution is 5.73. The quantitative estimate of drug-likeness (QED) is 0.648. The largest absolute Gasteiger partial charge is 0.491 e. The molecular weight excluding hydrogens is 270 g/mol. The van der Waals surface area contributed by atoms with Gasteiger partial charge in [-0.3, -0.25) is 4.79 Å². The maximum Gasteiger partial charge on any atom is 0.320 e. The van der Waals surface area contributed by atoms with Gasteiger partial charge in [0.15, 0.2) is 0 Å². The summed E-state index contributed by atoms with van der Waals surface area (Å²) < 4.78 is 10.5. The summed E-state index contributed by atoms with van der Waals surface area (Å²) in [5.41, 5.74) is 1.000. The van der Waals surface area contributed by atoms with Gasteiger partial charge < -0.3 is 19.9 Å². The normalized spacial score (nSPS) is 12.4. The molecule has 5 nitrogen and oxygen atoms in total. The topological polar surface area (TPSA) is 67.8 Å². The summed E-state index contributed by atoms with van der Waals surface area (Å²) in [4.78, 5) is 11.2. The van der Waals surface area contributed by atoms with Gasteiger partial charge in [0.1, 0.15) is 18.4 Å². The van der Waals surface area contributed by atoms with Gasteiger partial charge in [-0.25, -0.2) is 0 Å². The van der Waals surface area contributed by atoms with Gasteiger partial charge in [-0.1, -0.05) is 26.0 Å². The van der Waals surface area contributed by atoms with Gasteiger partial charge in [0.05, 0.1) is 6.61 Å². The highest BCUT2D eigenvalue weighted by Crippen LogP contribution is 2.14. The lowest BCUT2D eigenvalue weighted by Gasteiger charge is -2.16. The molecule has 2 N–H and O–H groups in total. The molecule has 1 aromatic carbocycles. The molecule has 0 saturated heterocycles. The third-order valence-corrected chi connectivity index (χ3v) is 3.01. The van der Waals surface area contributed by atoms with Crippen molar-refractivity contribution in [3.63, 3.8) is 0 Å². The van der Waals surface area contributed by atoms with E-state index in [1.807, 2.05) is 38.1 Å². The van der Waals surface area contributed by atoms with Gasteiger partial charge in [-0.15, -0.1) is 0 Å². The van der Waals surface area contributed by atoms with Crippen LogP contribution in [0.5, 0.6) is 5.75 Å². The van der Waals surface area contributed by atoms with Crippen molar-refractivity contribution in [3.05, 3.63) is 29.8 Å². The second-order valence-electron chi connectivity index (χ2n) is 5.39. The third-order valence-electron chi connectivity index (χ3n) is 3.01. The molecule has 0 fully saturated rings. The fourth-order valence-electron chi connectivity index (χ4n) is 1.97. The first-order valence-electron chi connectivity index (χ1n) is 7.19. The van der Waals surface area contributed by atoms with E-state index in [4.69, 9.17) is 9.47 Å². The summed E-state index contributed by atoms with van der Waals surface area (Å²) in [5, 5.41) is 12.3. The lowest BCUT2D eigenvalue weighted by Crippen LogP contribution is -2.37. The number of nitrogens with one attached hydrogen (secondary N) is 1. The first-order valence-corrected chi connectivity index (χ1v) is 7.19. The van der Waals surface area contributed by atoms with Crippen LogP contribution in [0.15, 0.2) is 24.3 Å². The van der Waals surface area contributed by atoms with E-state index in [1.54, 1.807) is 7.11 Å². The molecule has 0 aliphatic heterocycles. The van der Waals surface area contributed by atoms with Gasteiger partial charge in [-0.05, 0) is 30.0 Å². The fourth-order valence-corrected chi connectivity index (χ4v) is 1.97. The summed E-state index contributed by atoms with van der Waals surface area (Å²) in [6, 6.07) is 7.11. The van der Waals surface area contributed by atoms with Crippen LogP contribution in [0.2, 0.25) is 0 Å². The van der Waals surface area contributed by atoms with E-state index in [0.717, 1.165) is 11.3 Å². The zero-order chi connectivity index (χ0) is 15.7. The molecule has 1 atom stereocenters. The second-order valence-corrected chi connectivity index (χ2v) is 5.39. The Balaban J connectivity index is 2.53. The van der Waals surface area contributed by atoms with Crippen molar-refractivity contribution in [2.45, 2.75) is 32.9 Å². The monoisotopic (exact) mass is 295 g/mol. The van der Waals surface area contributed by atoms with Crippen LogP contribution >= 0.6 is 0 Å². The van der Waals surface area contributed by atoms with Crippen LogP contribution in [0.1, 0.15) is 25.8 Å². The van der Waals surface area contributed by atoms with Crippen LogP contribution in [-0.2, 0) is 16.1 Å². The number of ether oxygens (including phenoxy) is 2. The highest BCUT2D eigenvalue weighted by Gasteiger charge is 2.17. The van der Waals surface area contributed by atoms with E-state index < -0.39 is 12.0 Å². The van der Waals surface area contributed by atoms with Gasteiger partial charge >= 0.3 is 5.97 Å². The summed E-state index contributed by atoms with van der Waals surface area (Å²) in [7, 11) is 1.63. The Hall–Kier alpha value is -1.59. The predicted molar refractivity (Wildman–Crippen MR) is 81.5 cm³/mol. The van der Waals surface area contributed by atoms with E-state index in [1.165, 1.54) is 0 Å². The molecular formula is C16H25NO4. The molecule has 0 bridgehead atoms. The Morgan fingerprint density at radius 3 is 2.71 bits per heavy atom. The van der Waals surface area contributed by atoms with E-state index in [2.05, 4.69) is 5.32 Å². The number of carboxylic acid groups (broad SMARTS) is 1. The van der Waals surface area contributed by atoms with Gasteiger partial charge in [0.2, 0.25) is 0 Å². The number of hydrogen-bond acceptors (Lipinski definition) is 4. The average Bonchev–Trinajstić information content (AvgIpc) is 2.43. The van der Waals surface area contributed by atoms with Crippen molar-refractivity contribution >= 4 is 5.97 Å². The van der Waals surface area contributed by atoms with Crippen LogP contribution in [0.3, 0.4) is 0 Å². The number of aliphatic carboxylic acids is 1. The second kappa shape index (κ2) is 9.37. The highest BCUT2D eigenvalue weighted by atomic mass is 16.5. The van der Waals surface area contributed by atoms with E-state index >= 15 is 0 Å². The zero-order valence-electron chi connectivity index (χ0n) is 13.0. The minimum atomic E-state index is -0.809. The Kier molecular flexibility index (Phi) is 7.79. The first-order chi connectivity index (χ1) is 10.0. The minimum Gasteiger partial charge on any atom is -0.491 e. The lowest BCUT2D eigenvalue weighted by atomic mass is 10.0. The number of benzene rings is 1. The number of rotatable bonds is 10. The Morgan fingerprint density at radius 1 is 1.33 bits per heavy atom. The zero-order valence-corrected chi connectivity index (χ0v) is 13.0. The van der Waals surface area contributed by atoms with Gasteiger partial charge in [0.25, 0.3) is 0 Å². The average molecular weight is 295 g/mol. The van der Waals surface area contributed by atoms with Crippen molar-refractivity contribution < 1.29 is 19.4 Å². The van der Waals surface area contributed by atoms with Crippen molar-refractivity contribution in [1.82, 2.24) is 5.32 Å². The Labute approximate surface area is 126 Å². The third kappa shape index (κ3) is 7.11. The predicted octanol–water partition coefficient (Wildman–Crippen LogP) is 2.30. The molecule has 118 valence electrons. The van der Waals surface area contributed by atoms with Crippen LogP contribution in [0.4, 0.5) is 0 Å². The first kappa shape index (κ1) is 17.5. The maximum atomic E-state index is 11.2. The molecule has 0 radical (unpaired) electrons. The molecule has 0 aliphatic rings. The molecule has 0 spiro atoms. The van der Waals surface area contributed by atoms with Crippen LogP contribution < -0.4 is 10.1 Å². The van der Waals surface area contributed by atoms with Crippen molar-refractivity contribution in [2.24, 2.45) is 5.92 Å². The van der Waals surface area contributed by atoms with E-state index in [9.17, 15) is 9.90 Å². The lowest BCUT2D eigenvalue weighted by molar-refractivity contribution is -0.140. The number of carboxylic acids is 1. The molecule has 0 heterocycles. The number of methoxy groups -OCH3 is 1. The van der Waals surface area contributed by atoms with Crippen molar-refractivity contribution in [1.29, 1.82) is 0 Å². The Morgan fingerprint density at radius 2 is 2.10 bits per heavy atom. The summed E-state index contributed by atoms with van der Waals surface area (Å²) in [6.45, 7) is 5.57. The molecule has 0 aliphatic carbocycles. The van der Waals surface area contributed by atoms with Crippen LogP contribution in [0.25, 0.3) is 0 Å². The number of hydrogen-bond donors (Lipinski definition) is 2. The minimum absolute atomic E-state index is 0.335. The molecule has 0 amide bonds. The summed E-state index contributed by atoms with van der Waals surface area (Å²) >= 11 is 0. The summed E-state index contributed by atoms with van der Waals surface area (Å²) in [5.74, 6) is 0.292.